The highest BCUT2D eigenvalue weighted by Crippen LogP contribution is 2.40. The van der Waals surface area contributed by atoms with E-state index in [9.17, 15) is 9.59 Å². The van der Waals surface area contributed by atoms with Gasteiger partial charge in [0, 0.05) is 6.54 Å². The molecule has 2 atom stereocenters. The molecule has 1 fully saturated rings. The van der Waals surface area contributed by atoms with Crippen molar-refractivity contribution in [3.05, 3.63) is 59.7 Å². The summed E-state index contributed by atoms with van der Waals surface area (Å²) in [5.74, 6) is -0.0128. The summed E-state index contributed by atoms with van der Waals surface area (Å²) in [5.41, 5.74) is 2.95. The average molecular weight is 366 g/mol. The topological polar surface area (TPSA) is 67.4 Å². The van der Waals surface area contributed by atoms with Gasteiger partial charge in [0.05, 0.1) is 24.6 Å². The predicted octanol–water partition coefficient (Wildman–Crippen LogP) is 3.33. The van der Waals surface area contributed by atoms with Crippen LogP contribution in [0.15, 0.2) is 48.5 Å². The summed E-state index contributed by atoms with van der Waals surface area (Å²) in [5, 5.41) is 5.85. The number of anilines is 1. The summed E-state index contributed by atoms with van der Waals surface area (Å²) in [6.07, 6.45) is 2.42. The molecule has 0 aromatic heterocycles. The molecule has 0 radical (unpaired) electrons. The highest BCUT2D eigenvalue weighted by molar-refractivity contribution is 6.00. The van der Waals surface area contributed by atoms with Crippen molar-refractivity contribution in [1.29, 1.82) is 0 Å². The van der Waals surface area contributed by atoms with Crippen molar-refractivity contribution < 1.29 is 14.3 Å². The number of ether oxygens (including phenoxy) is 1. The molecule has 1 aliphatic rings. The molecular formula is C22H26N2O3. The molecule has 1 aliphatic carbocycles. The molecule has 0 saturated heterocycles. The number of hydrogen-bond donors (Lipinski definition) is 2. The normalized spacial score (nSPS) is 17.9. The van der Waals surface area contributed by atoms with Gasteiger partial charge in [-0.25, -0.2) is 0 Å². The summed E-state index contributed by atoms with van der Waals surface area (Å²) in [6, 6.07) is 15.8. The minimum atomic E-state index is -0.260. The lowest BCUT2D eigenvalue weighted by molar-refractivity contribution is -0.125. The number of hydrogen-bond acceptors (Lipinski definition) is 3. The molecule has 2 aromatic carbocycles. The predicted molar refractivity (Wildman–Crippen MR) is 106 cm³/mol. The zero-order valence-corrected chi connectivity index (χ0v) is 15.8. The monoisotopic (exact) mass is 366 g/mol. The molecule has 0 bridgehead atoms. The molecule has 5 heteroatoms. The van der Waals surface area contributed by atoms with E-state index in [4.69, 9.17) is 4.74 Å². The maximum absolute atomic E-state index is 12.4. The Morgan fingerprint density at radius 2 is 1.81 bits per heavy atom. The van der Waals surface area contributed by atoms with Gasteiger partial charge in [0.15, 0.2) is 0 Å². The van der Waals surface area contributed by atoms with Crippen molar-refractivity contribution in [3.8, 4) is 5.75 Å². The second-order valence-corrected chi connectivity index (χ2v) is 7.02. The lowest BCUT2D eigenvalue weighted by Gasteiger charge is -2.11. The average Bonchev–Trinajstić information content (AvgIpc) is 3.47. The fraction of sp³-hybridized carbons (Fsp3) is 0.364. The molecule has 1 saturated carbocycles. The molecule has 0 aliphatic heterocycles. The Hall–Kier alpha value is -2.82. The van der Waals surface area contributed by atoms with Gasteiger partial charge in [0.1, 0.15) is 5.75 Å². The van der Waals surface area contributed by atoms with E-state index in [1.54, 1.807) is 7.11 Å². The molecule has 142 valence electrons. The molecule has 2 amide bonds. The van der Waals surface area contributed by atoms with Crippen molar-refractivity contribution >= 4 is 17.5 Å². The van der Waals surface area contributed by atoms with Gasteiger partial charge < -0.3 is 15.4 Å². The van der Waals surface area contributed by atoms with E-state index >= 15 is 0 Å². The first-order chi connectivity index (χ1) is 13.1. The van der Waals surface area contributed by atoms with Crippen LogP contribution in [0, 0.1) is 18.8 Å². The summed E-state index contributed by atoms with van der Waals surface area (Å²) >= 11 is 0. The number of rotatable bonds is 8. The van der Waals surface area contributed by atoms with Gasteiger partial charge in [-0.15, -0.1) is 0 Å². The van der Waals surface area contributed by atoms with Crippen LogP contribution in [0.4, 0.5) is 5.69 Å². The van der Waals surface area contributed by atoms with Crippen LogP contribution in [0.2, 0.25) is 0 Å². The summed E-state index contributed by atoms with van der Waals surface area (Å²) < 4.78 is 5.28. The van der Waals surface area contributed by atoms with Crippen LogP contribution >= 0.6 is 0 Å². The second kappa shape index (κ2) is 8.71. The van der Waals surface area contributed by atoms with E-state index in [2.05, 4.69) is 22.8 Å². The molecular weight excluding hydrogens is 340 g/mol. The standard InChI is InChI=1S/C22H26N2O3/c1-15-10-11-20(27-2)19(13-15)24-22(26)18-14-17(18)21(25)23-12-6-9-16-7-4-3-5-8-16/h3-5,7-8,10-11,13,17-18H,6,9,12,14H2,1-2H3,(H,23,25)(H,24,26). The maximum Gasteiger partial charge on any atom is 0.228 e. The fourth-order valence-electron chi connectivity index (χ4n) is 3.20. The van der Waals surface area contributed by atoms with Crippen LogP contribution in [-0.2, 0) is 16.0 Å². The van der Waals surface area contributed by atoms with Gasteiger partial charge in [0.25, 0.3) is 0 Å². The molecule has 2 N–H and O–H groups in total. The molecule has 2 unspecified atom stereocenters. The molecule has 27 heavy (non-hydrogen) atoms. The highest BCUT2D eigenvalue weighted by Gasteiger charge is 2.48. The van der Waals surface area contributed by atoms with E-state index in [0.717, 1.165) is 18.4 Å². The molecule has 2 aromatic rings. The maximum atomic E-state index is 12.4. The SMILES string of the molecule is COc1ccc(C)cc1NC(=O)C1CC1C(=O)NCCCc1ccccc1. The Morgan fingerprint density at radius 3 is 2.56 bits per heavy atom. The first-order valence-corrected chi connectivity index (χ1v) is 9.35. The van der Waals surface area contributed by atoms with Gasteiger partial charge in [-0.2, -0.15) is 0 Å². The van der Waals surface area contributed by atoms with Crippen LogP contribution in [0.5, 0.6) is 5.75 Å². The Kier molecular flexibility index (Phi) is 6.12. The van der Waals surface area contributed by atoms with Crippen LogP contribution in [-0.4, -0.2) is 25.5 Å². The second-order valence-electron chi connectivity index (χ2n) is 7.02. The number of methoxy groups -OCH3 is 1. The fourth-order valence-corrected chi connectivity index (χ4v) is 3.20. The Balaban J connectivity index is 1.42. The van der Waals surface area contributed by atoms with E-state index in [0.29, 0.717) is 24.4 Å². The molecule has 5 nitrogen and oxygen atoms in total. The third-order valence-corrected chi connectivity index (χ3v) is 4.86. The third-order valence-electron chi connectivity index (χ3n) is 4.86. The van der Waals surface area contributed by atoms with Crippen molar-refractivity contribution in [2.45, 2.75) is 26.2 Å². The third kappa shape index (κ3) is 5.09. The van der Waals surface area contributed by atoms with Gasteiger partial charge in [-0.3, -0.25) is 9.59 Å². The van der Waals surface area contributed by atoms with E-state index in [-0.39, 0.29) is 23.7 Å². The van der Waals surface area contributed by atoms with Crippen molar-refractivity contribution in [3.63, 3.8) is 0 Å². The first kappa shape index (κ1) is 19.0. The zero-order chi connectivity index (χ0) is 19.2. The van der Waals surface area contributed by atoms with Crippen LogP contribution in [0.1, 0.15) is 24.0 Å². The number of benzene rings is 2. The summed E-state index contributed by atoms with van der Waals surface area (Å²) in [6.45, 7) is 2.59. The molecule has 0 heterocycles. The Bertz CT molecular complexity index is 804. The molecule has 3 rings (SSSR count). The highest BCUT2D eigenvalue weighted by atomic mass is 16.5. The van der Waals surface area contributed by atoms with E-state index in [1.165, 1.54) is 5.56 Å². The van der Waals surface area contributed by atoms with Crippen molar-refractivity contribution in [2.24, 2.45) is 11.8 Å². The lowest BCUT2D eigenvalue weighted by atomic mass is 10.1. The lowest BCUT2D eigenvalue weighted by Crippen LogP contribution is -2.28. The summed E-state index contributed by atoms with van der Waals surface area (Å²) in [4.78, 5) is 24.7. The number of carbonyl (C=O) groups excluding carboxylic acids is 2. The van der Waals surface area contributed by atoms with E-state index in [1.807, 2.05) is 43.3 Å². The van der Waals surface area contributed by atoms with Gasteiger partial charge in [0.2, 0.25) is 11.8 Å². The Morgan fingerprint density at radius 1 is 1.07 bits per heavy atom. The number of carbonyl (C=O) groups is 2. The van der Waals surface area contributed by atoms with Crippen molar-refractivity contribution in [2.75, 3.05) is 19.0 Å². The zero-order valence-electron chi connectivity index (χ0n) is 15.8. The van der Waals surface area contributed by atoms with Crippen molar-refractivity contribution in [1.82, 2.24) is 5.32 Å². The largest absolute Gasteiger partial charge is 0.495 e. The van der Waals surface area contributed by atoms with Gasteiger partial charge in [-0.1, -0.05) is 36.4 Å². The number of amides is 2. The smallest absolute Gasteiger partial charge is 0.228 e. The minimum absolute atomic E-state index is 0.0283. The Labute approximate surface area is 160 Å². The van der Waals surface area contributed by atoms with Gasteiger partial charge >= 0.3 is 0 Å². The van der Waals surface area contributed by atoms with Crippen LogP contribution in [0.3, 0.4) is 0 Å². The minimum Gasteiger partial charge on any atom is -0.495 e. The van der Waals surface area contributed by atoms with Gasteiger partial charge in [-0.05, 0) is 49.4 Å². The number of nitrogens with one attached hydrogen (secondary N) is 2. The quantitative estimate of drug-likeness (QED) is 0.704. The van der Waals surface area contributed by atoms with Crippen LogP contribution < -0.4 is 15.4 Å². The molecule has 0 spiro atoms. The first-order valence-electron chi connectivity index (χ1n) is 9.35. The van der Waals surface area contributed by atoms with E-state index < -0.39 is 0 Å². The van der Waals surface area contributed by atoms with Crippen LogP contribution in [0.25, 0.3) is 0 Å². The number of aryl methyl sites for hydroxylation is 2. The summed E-state index contributed by atoms with van der Waals surface area (Å²) in [7, 11) is 1.57.